The van der Waals surface area contributed by atoms with Crippen molar-refractivity contribution in [3.63, 3.8) is 0 Å². The van der Waals surface area contributed by atoms with Crippen LogP contribution in [0.3, 0.4) is 0 Å². The van der Waals surface area contributed by atoms with Crippen LogP contribution < -0.4 is 0 Å². The number of hydrogen-bond acceptors (Lipinski definition) is 4. The molecule has 2 heterocycles. The monoisotopic (exact) mass is 300 g/mol. The van der Waals surface area contributed by atoms with Gasteiger partial charge in [-0.25, -0.2) is 8.42 Å². The van der Waals surface area contributed by atoms with Crippen LogP contribution in [0, 0.1) is 0 Å². The molecular weight excluding hydrogens is 276 g/mol. The number of aryl methyl sites for hydroxylation is 2. The standard InChI is InChI=1S/C13H24N4O2S/c1-6-11-13(12(7-2)16(5)14-11)20(18,19)17-8-10(9-17)15(3)4/h10H,6-9H2,1-5H3. The SMILES string of the molecule is CCc1nn(C)c(CC)c1S(=O)(=O)N1CC(N(C)C)C1. The van der Waals surface area contributed by atoms with Crippen LogP contribution in [0.5, 0.6) is 0 Å². The summed E-state index contributed by atoms with van der Waals surface area (Å²) in [5.74, 6) is 0. The first-order valence-electron chi connectivity index (χ1n) is 7.04. The van der Waals surface area contributed by atoms with E-state index in [4.69, 9.17) is 0 Å². The van der Waals surface area contributed by atoms with Crippen molar-refractivity contribution in [1.29, 1.82) is 0 Å². The largest absolute Gasteiger partial charge is 0.304 e. The summed E-state index contributed by atoms with van der Waals surface area (Å²) in [5, 5.41) is 4.36. The van der Waals surface area contributed by atoms with Gasteiger partial charge in [0.05, 0.1) is 11.4 Å². The van der Waals surface area contributed by atoms with Gasteiger partial charge in [-0.15, -0.1) is 0 Å². The fraction of sp³-hybridized carbons (Fsp3) is 0.769. The number of aromatic nitrogens is 2. The van der Waals surface area contributed by atoms with Crippen LogP contribution >= 0.6 is 0 Å². The van der Waals surface area contributed by atoms with Gasteiger partial charge < -0.3 is 4.90 Å². The lowest BCUT2D eigenvalue weighted by molar-refractivity contribution is 0.134. The normalized spacial score (nSPS) is 17.7. The summed E-state index contributed by atoms with van der Waals surface area (Å²) >= 11 is 0. The van der Waals surface area contributed by atoms with Crippen molar-refractivity contribution in [3.05, 3.63) is 11.4 Å². The van der Waals surface area contributed by atoms with Crippen molar-refractivity contribution in [2.45, 2.75) is 37.6 Å². The van der Waals surface area contributed by atoms with Crippen LogP contribution in [0.2, 0.25) is 0 Å². The van der Waals surface area contributed by atoms with Gasteiger partial charge in [-0.3, -0.25) is 4.68 Å². The van der Waals surface area contributed by atoms with Gasteiger partial charge in [0, 0.05) is 26.2 Å². The molecule has 1 fully saturated rings. The van der Waals surface area contributed by atoms with Gasteiger partial charge in [0.15, 0.2) is 0 Å². The molecule has 0 aromatic carbocycles. The van der Waals surface area contributed by atoms with E-state index < -0.39 is 10.0 Å². The molecule has 0 bridgehead atoms. The van der Waals surface area contributed by atoms with Crippen LogP contribution in [-0.4, -0.2) is 60.6 Å². The number of sulfonamides is 1. The molecule has 2 rings (SSSR count). The van der Waals surface area contributed by atoms with E-state index in [1.54, 1.807) is 8.99 Å². The zero-order chi connectivity index (χ0) is 15.1. The van der Waals surface area contributed by atoms with Crippen LogP contribution in [-0.2, 0) is 29.9 Å². The summed E-state index contributed by atoms with van der Waals surface area (Å²) < 4.78 is 28.9. The number of hydrogen-bond donors (Lipinski definition) is 0. The van der Waals surface area contributed by atoms with Gasteiger partial charge in [0.25, 0.3) is 0 Å². The van der Waals surface area contributed by atoms with Crippen LogP contribution in [0.4, 0.5) is 0 Å². The summed E-state index contributed by atoms with van der Waals surface area (Å²) in [6.07, 6.45) is 1.30. The van der Waals surface area contributed by atoms with Gasteiger partial charge in [-0.05, 0) is 26.9 Å². The summed E-state index contributed by atoms with van der Waals surface area (Å²) in [6.45, 7) is 5.04. The topological polar surface area (TPSA) is 58.4 Å². The summed E-state index contributed by atoms with van der Waals surface area (Å²) in [6, 6.07) is 0.316. The molecule has 0 radical (unpaired) electrons. The second kappa shape index (κ2) is 5.46. The maximum atomic E-state index is 12.8. The number of rotatable bonds is 5. The second-order valence-electron chi connectivity index (χ2n) is 5.49. The first-order valence-corrected chi connectivity index (χ1v) is 8.48. The van der Waals surface area contributed by atoms with Crippen LogP contribution in [0.25, 0.3) is 0 Å². The van der Waals surface area contributed by atoms with Crippen molar-refractivity contribution < 1.29 is 8.42 Å². The van der Waals surface area contributed by atoms with Crippen molar-refractivity contribution in [2.75, 3.05) is 27.2 Å². The molecule has 6 nitrogen and oxygen atoms in total. The molecule has 7 heteroatoms. The summed E-state index contributed by atoms with van der Waals surface area (Å²) in [4.78, 5) is 2.50. The Bertz CT molecular complexity index is 586. The predicted octanol–water partition coefficient (Wildman–Crippen LogP) is 0.479. The Hall–Kier alpha value is -0.920. The van der Waals surface area contributed by atoms with Gasteiger partial charge in [0.1, 0.15) is 4.90 Å². The van der Waals surface area contributed by atoms with E-state index in [9.17, 15) is 8.42 Å². The maximum absolute atomic E-state index is 12.8. The molecule has 1 aliphatic heterocycles. The Morgan fingerprint density at radius 1 is 1.25 bits per heavy atom. The highest BCUT2D eigenvalue weighted by molar-refractivity contribution is 7.89. The van der Waals surface area contributed by atoms with Crippen molar-refractivity contribution in [1.82, 2.24) is 19.0 Å². The third kappa shape index (κ3) is 2.38. The van der Waals surface area contributed by atoms with Crippen molar-refractivity contribution in [3.8, 4) is 0 Å². The zero-order valence-electron chi connectivity index (χ0n) is 12.9. The molecule has 114 valence electrons. The first kappa shape index (κ1) is 15.5. The minimum atomic E-state index is -3.41. The van der Waals surface area contributed by atoms with Gasteiger partial charge >= 0.3 is 0 Å². The van der Waals surface area contributed by atoms with Crippen molar-refractivity contribution in [2.24, 2.45) is 7.05 Å². The minimum absolute atomic E-state index is 0.316. The quantitative estimate of drug-likeness (QED) is 0.793. The molecule has 0 atom stereocenters. The Labute approximate surface area is 121 Å². The van der Waals surface area contributed by atoms with Crippen LogP contribution in [0.1, 0.15) is 25.2 Å². The fourth-order valence-electron chi connectivity index (χ4n) is 2.59. The Kier molecular flexibility index (Phi) is 4.22. The first-order chi connectivity index (χ1) is 9.32. The lowest BCUT2D eigenvalue weighted by Crippen LogP contribution is -2.59. The van der Waals surface area contributed by atoms with Gasteiger partial charge in [-0.1, -0.05) is 13.8 Å². The third-order valence-electron chi connectivity index (χ3n) is 4.01. The minimum Gasteiger partial charge on any atom is -0.304 e. The summed E-state index contributed by atoms with van der Waals surface area (Å²) in [5.41, 5.74) is 1.48. The number of nitrogens with zero attached hydrogens (tertiary/aromatic N) is 4. The third-order valence-corrected chi connectivity index (χ3v) is 5.98. The second-order valence-corrected chi connectivity index (χ2v) is 7.37. The van der Waals surface area contributed by atoms with Crippen LogP contribution in [0.15, 0.2) is 4.90 Å². The highest BCUT2D eigenvalue weighted by Crippen LogP contribution is 2.28. The molecule has 0 aliphatic carbocycles. The van der Waals surface area contributed by atoms with E-state index in [0.717, 1.165) is 5.69 Å². The van der Waals surface area contributed by atoms with E-state index in [2.05, 4.69) is 10.00 Å². The van der Waals surface area contributed by atoms with E-state index in [0.29, 0.717) is 42.6 Å². The Morgan fingerprint density at radius 2 is 1.85 bits per heavy atom. The molecule has 1 aliphatic rings. The molecule has 1 aromatic heterocycles. The molecular formula is C13H24N4O2S. The van der Waals surface area contributed by atoms with Gasteiger partial charge in [0.2, 0.25) is 10.0 Å². The molecule has 0 spiro atoms. The maximum Gasteiger partial charge on any atom is 0.246 e. The molecule has 1 saturated heterocycles. The van der Waals surface area contributed by atoms with E-state index >= 15 is 0 Å². The van der Waals surface area contributed by atoms with Gasteiger partial charge in [-0.2, -0.15) is 9.40 Å². The lowest BCUT2D eigenvalue weighted by Gasteiger charge is -2.41. The van der Waals surface area contributed by atoms with E-state index in [-0.39, 0.29) is 0 Å². The zero-order valence-corrected chi connectivity index (χ0v) is 13.7. The highest BCUT2D eigenvalue weighted by atomic mass is 32.2. The van der Waals surface area contributed by atoms with E-state index in [1.165, 1.54) is 0 Å². The molecule has 0 saturated carbocycles. The number of likely N-dealkylation sites (N-methyl/N-ethyl adjacent to an activating group) is 1. The molecule has 0 N–H and O–H groups in total. The van der Waals surface area contributed by atoms with E-state index in [1.807, 2.05) is 35.0 Å². The Balaban J connectivity index is 2.36. The average Bonchev–Trinajstić information content (AvgIpc) is 2.62. The highest BCUT2D eigenvalue weighted by Gasteiger charge is 2.40. The fourth-order valence-corrected chi connectivity index (χ4v) is 4.64. The predicted molar refractivity (Wildman–Crippen MR) is 78.2 cm³/mol. The summed E-state index contributed by atoms with van der Waals surface area (Å²) in [7, 11) is 2.36. The molecule has 20 heavy (non-hydrogen) atoms. The lowest BCUT2D eigenvalue weighted by atomic mass is 10.2. The molecule has 1 aromatic rings. The average molecular weight is 300 g/mol. The smallest absolute Gasteiger partial charge is 0.246 e. The van der Waals surface area contributed by atoms with Crippen molar-refractivity contribution >= 4 is 10.0 Å². The molecule has 0 amide bonds. The molecule has 0 unspecified atom stereocenters. The Morgan fingerprint density at radius 3 is 2.30 bits per heavy atom.